The summed E-state index contributed by atoms with van der Waals surface area (Å²) in [6.45, 7) is 1.84. The zero-order chi connectivity index (χ0) is 13.3. The molecule has 2 atom stereocenters. The summed E-state index contributed by atoms with van der Waals surface area (Å²) >= 11 is 5.85. The van der Waals surface area contributed by atoms with Gasteiger partial charge in [0.15, 0.2) is 0 Å². The summed E-state index contributed by atoms with van der Waals surface area (Å²) in [4.78, 5) is 23.2. The van der Waals surface area contributed by atoms with E-state index in [0.717, 1.165) is 0 Å². The molecule has 0 saturated carbocycles. The minimum atomic E-state index is -0.435. The minimum Gasteiger partial charge on any atom is -0.296 e. The van der Waals surface area contributed by atoms with Crippen LogP contribution in [0.4, 0.5) is 4.39 Å². The Kier molecular flexibility index (Phi) is 3.66. The van der Waals surface area contributed by atoms with Gasteiger partial charge >= 0.3 is 0 Å². The lowest BCUT2D eigenvalue weighted by Crippen LogP contribution is -2.44. The van der Waals surface area contributed by atoms with E-state index in [1.165, 1.54) is 18.2 Å². The summed E-state index contributed by atoms with van der Waals surface area (Å²) in [5.41, 5.74) is 0.345. The lowest BCUT2D eigenvalue weighted by molar-refractivity contribution is -0.137. The van der Waals surface area contributed by atoms with Crippen molar-refractivity contribution in [2.24, 2.45) is 5.92 Å². The second-order valence-corrected chi connectivity index (χ2v) is 4.84. The molecule has 1 aromatic carbocycles. The van der Waals surface area contributed by atoms with Gasteiger partial charge in [0.05, 0.1) is 0 Å². The van der Waals surface area contributed by atoms with Crippen LogP contribution in [0.1, 0.15) is 31.2 Å². The third-order valence-corrected chi connectivity index (χ3v) is 3.52. The van der Waals surface area contributed by atoms with Crippen molar-refractivity contribution >= 4 is 23.4 Å². The smallest absolute Gasteiger partial charge is 0.230 e. The molecule has 0 radical (unpaired) electrons. The average Bonchev–Trinajstić information content (AvgIpc) is 2.31. The highest BCUT2D eigenvalue weighted by Gasteiger charge is 2.36. The standard InChI is InChI=1S/C13H13ClFNO2/c1-2-8-9(6-12(17)16-13(8)18)10-5-7(14)3-4-11(10)15/h3-5,8-9H,2,6H2,1H3,(H,16,17,18). The Labute approximate surface area is 109 Å². The topological polar surface area (TPSA) is 46.2 Å². The molecule has 2 rings (SSSR count). The molecule has 1 N–H and O–H groups in total. The molecule has 18 heavy (non-hydrogen) atoms. The van der Waals surface area contributed by atoms with E-state index in [0.29, 0.717) is 17.0 Å². The zero-order valence-electron chi connectivity index (χ0n) is 9.87. The lowest BCUT2D eigenvalue weighted by Gasteiger charge is -2.29. The van der Waals surface area contributed by atoms with Crippen LogP contribution in [0.5, 0.6) is 0 Å². The Bertz CT molecular complexity index is 504. The first-order valence-electron chi connectivity index (χ1n) is 5.81. The first kappa shape index (κ1) is 13.0. The molecule has 2 unspecified atom stereocenters. The van der Waals surface area contributed by atoms with E-state index in [2.05, 4.69) is 5.32 Å². The van der Waals surface area contributed by atoms with Gasteiger partial charge in [0.2, 0.25) is 11.8 Å². The number of carbonyl (C=O) groups is 2. The zero-order valence-corrected chi connectivity index (χ0v) is 10.6. The van der Waals surface area contributed by atoms with Crippen LogP contribution in [0.2, 0.25) is 5.02 Å². The van der Waals surface area contributed by atoms with Crippen molar-refractivity contribution in [1.29, 1.82) is 0 Å². The number of nitrogens with one attached hydrogen (secondary N) is 1. The molecule has 0 aliphatic carbocycles. The summed E-state index contributed by atoms with van der Waals surface area (Å²) < 4.78 is 13.8. The first-order chi connectivity index (χ1) is 8.52. The Morgan fingerprint density at radius 1 is 1.44 bits per heavy atom. The van der Waals surface area contributed by atoms with Gasteiger partial charge < -0.3 is 0 Å². The quantitative estimate of drug-likeness (QED) is 0.839. The number of hydrogen-bond donors (Lipinski definition) is 1. The Morgan fingerprint density at radius 2 is 2.17 bits per heavy atom. The molecular formula is C13H13ClFNO2. The number of carbonyl (C=O) groups excluding carboxylic acids is 2. The van der Waals surface area contributed by atoms with Crippen LogP contribution >= 0.6 is 11.6 Å². The molecule has 5 heteroatoms. The molecular weight excluding hydrogens is 257 g/mol. The van der Waals surface area contributed by atoms with E-state index >= 15 is 0 Å². The number of piperidine rings is 1. The highest BCUT2D eigenvalue weighted by atomic mass is 35.5. The normalized spacial score (nSPS) is 23.9. The third kappa shape index (κ3) is 2.38. The van der Waals surface area contributed by atoms with Gasteiger partial charge in [0, 0.05) is 23.3 Å². The number of imide groups is 1. The second-order valence-electron chi connectivity index (χ2n) is 4.40. The number of benzene rings is 1. The average molecular weight is 270 g/mol. The van der Waals surface area contributed by atoms with Crippen LogP contribution < -0.4 is 5.32 Å². The fraction of sp³-hybridized carbons (Fsp3) is 0.385. The van der Waals surface area contributed by atoms with Crippen LogP contribution in [-0.4, -0.2) is 11.8 Å². The Morgan fingerprint density at radius 3 is 2.83 bits per heavy atom. The predicted molar refractivity (Wildman–Crippen MR) is 65.7 cm³/mol. The van der Waals surface area contributed by atoms with Crippen LogP contribution in [0.15, 0.2) is 18.2 Å². The Hall–Kier alpha value is -1.42. The summed E-state index contributed by atoms with van der Waals surface area (Å²) in [7, 11) is 0. The minimum absolute atomic E-state index is 0.113. The predicted octanol–water partition coefficient (Wildman–Crippen LogP) is 2.64. The molecule has 0 spiro atoms. The van der Waals surface area contributed by atoms with Crippen molar-refractivity contribution in [3.63, 3.8) is 0 Å². The van der Waals surface area contributed by atoms with Gasteiger partial charge in [-0.2, -0.15) is 0 Å². The molecule has 0 bridgehead atoms. The summed E-state index contributed by atoms with van der Waals surface area (Å²) in [5, 5.41) is 2.68. The number of hydrogen-bond acceptors (Lipinski definition) is 2. The van der Waals surface area contributed by atoms with E-state index in [1.807, 2.05) is 6.92 Å². The fourth-order valence-electron chi connectivity index (χ4n) is 2.40. The van der Waals surface area contributed by atoms with E-state index < -0.39 is 17.7 Å². The van der Waals surface area contributed by atoms with Crippen LogP contribution in [0.3, 0.4) is 0 Å². The van der Waals surface area contributed by atoms with Crippen LogP contribution in [-0.2, 0) is 9.59 Å². The molecule has 3 nitrogen and oxygen atoms in total. The SMILES string of the molecule is CCC1C(=O)NC(=O)CC1c1cc(Cl)ccc1F. The summed E-state index contributed by atoms with van der Waals surface area (Å²) in [6.07, 6.45) is 0.664. The van der Waals surface area contributed by atoms with Gasteiger partial charge in [-0.25, -0.2) is 4.39 Å². The van der Waals surface area contributed by atoms with E-state index in [1.54, 1.807) is 0 Å². The maximum absolute atomic E-state index is 13.8. The monoisotopic (exact) mass is 269 g/mol. The highest BCUT2D eigenvalue weighted by Crippen LogP contribution is 2.35. The van der Waals surface area contributed by atoms with Crippen LogP contribution in [0.25, 0.3) is 0 Å². The summed E-state index contributed by atoms with van der Waals surface area (Å²) in [5.74, 6) is -1.96. The van der Waals surface area contributed by atoms with Gasteiger partial charge in [-0.3, -0.25) is 14.9 Å². The number of amides is 2. The summed E-state index contributed by atoms with van der Waals surface area (Å²) in [6, 6.07) is 4.21. The molecule has 96 valence electrons. The molecule has 1 aromatic rings. The maximum atomic E-state index is 13.8. The second kappa shape index (κ2) is 5.06. The van der Waals surface area contributed by atoms with Crippen molar-refractivity contribution in [2.75, 3.05) is 0 Å². The van der Waals surface area contributed by atoms with Crippen molar-refractivity contribution in [3.05, 3.63) is 34.6 Å². The Balaban J connectivity index is 2.42. The first-order valence-corrected chi connectivity index (χ1v) is 6.19. The molecule has 1 aliphatic rings. The van der Waals surface area contributed by atoms with Crippen LogP contribution in [0, 0.1) is 11.7 Å². The number of rotatable bonds is 2. The van der Waals surface area contributed by atoms with Gasteiger partial charge in [0.25, 0.3) is 0 Å². The van der Waals surface area contributed by atoms with E-state index in [4.69, 9.17) is 11.6 Å². The highest BCUT2D eigenvalue weighted by molar-refractivity contribution is 6.30. The third-order valence-electron chi connectivity index (χ3n) is 3.29. The van der Waals surface area contributed by atoms with E-state index in [-0.39, 0.29) is 18.2 Å². The van der Waals surface area contributed by atoms with E-state index in [9.17, 15) is 14.0 Å². The molecule has 0 aromatic heterocycles. The lowest BCUT2D eigenvalue weighted by atomic mass is 9.79. The van der Waals surface area contributed by atoms with Crippen molar-refractivity contribution in [1.82, 2.24) is 5.32 Å². The van der Waals surface area contributed by atoms with Gasteiger partial charge in [-0.05, 0) is 30.2 Å². The van der Waals surface area contributed by atoms with Gasteiger partial charge in [0.1, 0.15) is 5.82 Å². The van der Waals surface area contributed by atoms with Gasteiger partial charge in [-0.1, -0.05) is 18.5 Å². The molecule has 1 fully saturated rings. The molecule has 2 amide bonds. The van der Waals surface area contributed by atoms with Crippen molar-refractivity contribution in [2.45, 2.75) is 25.7 Å². The number of halogens is 2. The molecule has 1 aliphatic heterocycles. The molecule has 1 saturated heterocycles. The maximum Gasteiger partial charge on any atom is 0.230 e. The van der Waals surface area contributed by atoms with Crippen molar-refractivity contribution < 1.29 is 14.0 Å². The largest absolute Gasteiger partial charge is 0.296 e. The van der Waals surface area contributed by atoms with Gasteiger partial charge in [-0.15, -0.1) is 0 Å². The molecule has 1 heterocycles. The fourth-order valence-corrected chi connectivity index (χ4v) is 2.58. The van der Waals surface area contributed by atoms with Crippen molar-refractivity contribution in [3.8, 4) is 0 Å².